The molecule has 0 aliphatic carbocycles. The summed E-state index contributed by atoms with van der Waals surface area (Å²) in [4.78, 5) is 2.39. The fraction of sp³-hybridized carbons (Fsp3) is 0.0769. The average Bonchev–Trinajstić information content (AvgIpc) is 2.82. The van der Waals surface area contributed by atoms with Gasteiger partial charge in [0, 0.05) is 16.8 Å². The van der Waals surface area contributed by atoms with Crippen LogP contribution in [0.4, 0.5) is 17.1 Å². The highest BCUT2D eigenvalue weighted by atomic mass is 15.1. The van der Waals surface area contributed by atoms with E-state index in [4.69, 9.17) is 0 Å². The molecule has 0 radical (unpaired) electrons. The van der Waals surface area contributed by atoms with Crippen LogP contribution in [-0.4, -0.2) is 0 Å². The molecule has 0 saturated heterocycles. The SMILES string of the molecule is Cc1ccc2c(c1)-c1ccccc1-c1cc(C)ccc1N2c1ccccc1. The second-order valence-electron chi connectivity index (χ2n) is 7.26. The summed E-state index contributed by atoms with van der Waals surface area (Å²) in [5, 5.41) is 0. The zero-order valence-corrected chi connectivity index (χ0v) is 15.6. The molecule has 27 heavy (non-hydrogen) atoms. The van der Waals surface area contributed by atoms with Crippen molar-refractivity contribution < 1.29 is 0 Å². The van der Waals surface area contributed by atoms with E-state index in [1.54, 1.807) is 0 Å². The molecule has 0 aromatic heterocycles. The van der Waals surface area contributed by atoms with Crippen LogP contribution in [0, 0.1) is 13.8 Å². The Morgan fingerprint density at radius 2 is 0.963 bits per heavy atom. The number of nitrogens with zero attached hydrogens (tertiary/aromatic N) is 1. The van der Waals surface area contributed by atoms with Crippen molar-refractivity contribution in [3.05, 3.63) is 102 Å². The van der Waals surface area contributed by atoms with Crippen molar-refractivity contribution in [2.45, 2.75) is 13.8 Å². The van der Waals surface area contributed by atoms with Gasteiger partial charge >= 0.3 is 0 Å². The van der Waals surface area contributed by atoms with Gasteiger partial charge in [0.05, 0.1) is 11.4 Å². The Bertz CT molecular complexity index is 1070. The standard InChI is InChI=1S/C26H21N/c1-18-12-14-25-23(16-18)21-10-6-7-11-22(21)24-17-19(2)13-15-26(24)27(25)20-8-4-3-5-9-20/h3-17H,1-2H3. The van der Waals surface area contributed by atoms with Crippen LogP contribution in [0.1, 0.15) is 11.1 Å². The van der Waals surface area contributed by atoms with Crippen LogP contribution in [0.25, 0.3) is 22.3 Å². The lowest BCUT2D eigenvalue weighted by Crippen LogP contribution is -2.11. The molecule has 0 fully saturated rings. The van der Waals surface area contributed by atoms with Crippen LogP contribution in [0.15, 0.2) is 91.0 Å². The van der Waals surface area contributed by atoms with Crippen molar-refractivity contribution in [1.29, 1.82) is 0 Å². The minimum Gasteiger partial charge on any atom is -0.309 e. The van der Waals surface area contributed by atoms with Crippen molar-refractivity contribution in [1.82, 2.24) is 0 Å². The summed E-state index contributed by atoms with van der Waals surface area (Å²) in [5.74, 6) is 0. The zero-order valence-electron chi connectivity index (χ0n) is 15.6. The predicted molar refractivity (Wildman–Crippen MR) is 115 cm³/mol. The smallest absolute Gasteiger partial charge is 0.0540 e. The van der Waals surface area contributed by atoms with Crippen molar-refractivity contribution in [2.75, 3.05) is 4.90 Å². The van der Waals surface area contributed by atoms with E-state index >= 15 is 0 Å². The van der Waals surface area contributed by atoms with E-state index in [2.05, 4.69) is 110 Å². The number of anilines is 3. The Balaban J connectivity index is 1.94. The van der Waals surface area contributed by atoms with Gasteiger partial charge in [0.15, 0.2) is 0 Å². The maximum absolute atomic E-state index is 2.39. The number of para-hydroxylation sites is 1. The van der Waals surface area contributed by atoms with Crippen LogP contribution >= 0.6 is 0 Å². The quantitative estimate of drug-likeness (QED) is 0.305. The molecule has 4 aromatic rings. The second-order valence-corrected chi connectivity index (χ2v) is 7.26. The van der Waals surface area contributed by atoms with Gasteiger partial charge < -0.3 is 4.90 Å². The fourth-order valence-corrected chi connectivity index (χ4v) is 4.06. The highest BCUT2D eigenvalue weighted by Crippen LogP contribution is 2.50. The van der Waals surface area contributed by atoms with E-state index in [0.29, 0.717) is 0 Å². The molecule has 1 aliphatic heterocycles. The highest BCUT2D eigenvalue weighted by Gasteiger charge is 2.25. The predicted octanol–water partition coefficient (Wildman–Crippen LogP) is 7.42. The molecule has 0 unspecified atom stereocenters. The first-order valence-corrected chi connectivity index (χ1v) is 9.38. The number of hydrogen-bond acceptors (Lipinski definition) is 1. The molecule has 1 heteroatoms. The Labute approximate surface area is 160 Å². The fourth-order valence-electron chi connectivity index (χ4n) is 4.06. The minimum absolute atomic E-state index is 1.18. The summed E-state index contributed by atoms with van der Waals surface area (Å²) in [6.07, 6.45) is 0. The lowest BCUT2D eigenvalue weighted by Gasteiger charge is -2.27. The number of fused-ring (bicyclic) bond motifs is 5. The molecule has 0 atom stereocenters. The molecule has 0 N–H and O–H groups in total. The van der Waals surface area contributed by atoms with E-state index in [1.807, 2.05) is 0 Å². The number of benzene rings is 4. The molecule has 0 saturated carbocycles. The van der Waals surface area contributed by atoms with E-state index in [0.717, 1.165) is 0 Å². The van der Waals surface area contributed by atoms with Crippen LogP contribution in [-0.2, 0) is 0 Å². The molecule has 5 rings (SSSR count). The monoisotopic (exact) mass is 347 g/mol. The summed E-state index contributed by atoms with van der Waals surface area (Å²) in [7, 11) is 0. The van der Waals surface area contributed by atoms with Gasteiger partial charge in [0.2, 0.25) is 0 Å². The Morgan fingerprint density at radius 3 is 1.48 bits per heavy atom. The van der Waals surface area contributed by atoms with Gasteiger partial charge in [-0.05, 0) is 61.4 Å². The van der Waals surface area contributed by atoms with E-state index in [9.17, 15) is 0 Å². The van der Waals surface area contributed by atoms with Gasteiger partial charge in [-0.3, -0.25) is 0 Å². The summed E-state index contributed by atoms with van der Waals surface area (Å²) < 4.78 is 0. The van der Waals surface area contributed by atoms with Gasteiger partial charge in [-0.25, -0.2) is 0 Å². The Morgan fingerprint density at radius 1 is 0.481 bits per heavy atom. The first-order valence-electron chi connectivity index (χ1n) is 9.38. The summed E-state index contributed by atoms with van der Waals surface area (Å²) >= 11 is 0. The van der Waals surface area contributed by atoms with Crippen LogP contribution in [0.3, 0.4) is 0 Å². The van der Waals surface area contributed by atoms with Gasteiger partial charge in [0.25, 0.3) is 0 Å². The molecule has 0 amide bonds. The highest BCUT2D eigenvalue weighted by molar-refractivity contribution is 6.02. The lowest BCUT2D eigenvalue weighted by molar-refractivity contribution is 1.28. The molecule has 1 nitrogen and oxygen atoms in total. The number of hydrogen-bond donors (Lipinski definition) is 0. The Hall–Kier alpha value is -3.32. The van der Waals surface area contributed by atoms with E-state index < -0.39 is 0 Å². The van der Waals surface area contributed by atoms with Crippen LogP contribution in [0.5, 0.6) is 0 Å². The Kier molecular flexibility index (Phi) is 3.61. The molecule has 0 bridgehead atoms. The maximum Gasteiger partial charge on any atom is 0.0540 e. The number of rotatable bonds is 1. The molecular formula is C26H21N. The molecular weight excluding hydrogens is 326 g/mol. The first-order chi connectivity index (χ1) is 13.2. The molecule has 4 aromatic carbocycles. The minimum atomic E-state index is 1.18. The third-order valence-electron chi connectivity index (χ3n) is 5.31. The maximum atomic E-state index is 2.39. The van der Waals surface area contributed by atoms with Crippen molar-refractivity contribution >= 4 is 17.1 Å². The van der Waals surface area contributed by atoms with Crippen LogP contribution in [0.2, 0.25) is 0 Å². The third kappa shape index (κ3) is 2.55. The van der Waals surface area contributed by atoms with Gasteiger partial charge in [-0.15, -0.1) is 0 Å². The molecule has 1 heterocycles. The van der Waals surface area contributed by atoms with E-state index in [-0.39, 0.29) is 0 Å². The number of aryl methyl sites for hydroxylation is 2. The second kappa shape index (κ2) is 6.14. The molecule has 0 spiro atoms. The first kappa shape index (κ1) is 15.9. The third-order valence-corrected chi connectivity index (χ3v) is 5.31. The van der Waals surface area contributed by atoms with Crippen molar-refractivity contribution in [3.63, 3.8) is 0 Å². The molecule has 130 valence electrons. The largest absolute Gasteiger partial charge is 0.309 e. The van der Waals surface area contributed by atoms with Gasteiger partial charge in [-0.1, -0.05) is 65.7 Å². The topological polar surface area (TPSA) is 3.24 Å². The lowest BCUT2D eigenvalue weighted by atomic mass is 9.93. The molecule has 1 aliphatic rings. The summed E-state index contributed by atoms with van der Waals surface area (Å²) in [6.45, 7) is 4.33. The normalized spacial score (nSPS) is 12.0. The zero-order chi connectivity index (χ0) is 18.4. The van der Waals surface area contributed by atoms with Crippen molar-refractivity contribution in [3.8, 4) is 22.3 Å². The van der Waals surface area contributed by atoms with E-state index in [1.165, 1.54) is 50.4 Å². The van der Waals surface area contributed by atoms with Crippen LogP contribution < -0.4 is 4.90 Å². The summed E-state index contributed by atoms with van der Waals surface area (Å²) in [6, 6.07) is 32.9. The van der Waals surface area contributed by atoms with Gasteiger partial charge in [0.1, 0.15) is 0 Å². The average molecular weight is 347 g/mol. The van der Waals surface area contributed by atoms with Crippen molar-refractivity contribution in [2.24, 2.45) is 0 Å². The van der Waals surface area contributed by atoms with Gasteiger partial charge in [-0.2, -0.15) is 0 Å². The summed E-state index contributed by atoms with van der Waals surface area (Å²) in [5.41, 5.74) is 11.3.